The third-order valence-corrected chi connectivity index (χ3v) is 2.99. The van der Waals surface area contributed by atoms with Crippen LogP contribution in [0, 0.1) is 0 Å². The van der Waals surface area contributed by atoms with Crippen molar-refractivity contribution in [1.29, 1.82) is 0 Å². The van der Waals surface area contributed by atoms with Gasteiger partial charge in [-0.25, -0.2) is 0 Å². The largest absolute Gasteiger partial charge is 0.227 e. The Morgan fingerprint density at radius 1 is 0.938 bits per heavy atom. The van der Waals surface area contributed by atoms with E-state index < -0.39 is 0 Å². The van der Waals surface area contributed by atoms with Gasteiger partial charge in [-0.3, -0.25) is 0 Å². The standard InChI is InChI=1S/C9H4Cl3N3S/c10-5-2-1-3-6(4-5)16-9-14-7(11)13-8(12)15-9/h1-4H. The molecule has 82 valence electrons. The van der Waals surface area contributed by atoms with E-state index in [-0.39, 0.29) is 10.6 Å². The van der Waals surface area contributed by atoms with Crippen molar-refractivity contribution in [2.45, 2.75) is 10.1 Å². The molecule has 0 atom stereocenters. The third-order valence-electron chi connectivity index (χ3n) is 1.57. The van der Waals surface area contributed by atoms with Crippen molar-refractivity contribution in [3.05, 3.63) is 39.9 Å². The Morgan fingerprint density at radius 2 is 1.62 bits per heavy atom. The number of rotatable bonds is 2. The molecule has 0 amide bonds. The predicted molar refractivity (Wildman–Crippen MR) is 65.4 cm³/mol. The lowest BCUT2D eigenvalue weighted by Gasteiger charge is -2.00. The molecule has 0 radical (unpaired) electrons. The zero-order valence-corrected chi connectivity index (χ0v) is 10.8. The van der Waals surface area contributed by atoms with Crippen LogP contribution in [-0.2, 0) is 0 Å². The Bertz CT molecular complexity index is 501. The van der Waals surface area contributed by atoms with Crippen LogP contribution in [0.4, 0.5) is 0 Å². The average Bonchev–Trinajstić information content (AvgIpc) is 2.15. The topological polar surface area (TPSA) is 38.7 Å². The summed E-state index contributed by atoms with van der Waals surface area (Å²) in [6, 6.07) is 7.33. The summed E-state index contributed by atoms with van der Waals surface area (Å²) in [5, 5.41) is 1.23. The molecule has 0 saturated heterocycles. The monoisotopic (exact) mass is 291 g/mol. The van der Waals surface area contributed by atoms with Crippen LogP contribution in [0.15, 0.2) is 34.3 Å². The van der Waals surface area contributed by atoms with Crippen LogP contribution in [0.2, 0.25) is 15.6 Å². The van der Waals surface area contributed by atoms with Gasteiger partial charge in [0.1, 0.15) is 0 Å². The number of aromatic nitrogens is 3. The van der Waals surface area contributed by atoms with Crippen LogP contribution >= 0.6 is 46.6 Å². The van der Waals surface area contributed by atoms with E-state index in [1.165, 1.54) is 11.8 Å². The van der Waals surface area contributed by atoms with Crippen molar-refractivity contribution in [3.8, 4) is 0 Å². The maximum Gasteiger partial charge on any atom is 0.227 e. The van der Waals surface area contributed by atoms with Crippen LogP contribution in [0.5, 0.6) is 0 Å². The van der Waals surface area contributed by atoms with Crippen LogP contribution in [0.25, 0.3) is 0 Å². The molecular formula is C9H4Cl3N3S. The smallest absolute Gasteiger partial charge is 0.191 e. The minimum atomic E-state index is 0.0736. The molecule has 1 aromatic heterocycles. The van der Waals surface area contributed by atoms with Crippen LogP contribution < -0.4 is 0 Å². The molecular weight excluding hydrogens is 289 g/mol. The molecule has 0 fully saturated rings. The van der Waals surface area contributed by atoms with Crippen LogP contribution in [0.3, 0.4) is 0 Å². The van der Waals surface area contributed by atoms with E-state index in [2.05, 4.69) is 15.0 Å². The first-order valence-electron chi connectivity index (χ1n) is 4.14. The van der Waals surface area contributed by atoms with E-state index in [4.69, 9.17) is 34.8 Å². The fourth-order valence-electron chi connectivity index (χ4n) is 0.991. The van der Waals surface area contributed by atoms with Crippen LogP contribution in [-0.4, -0.2) is 15.0 Å². The van der Waals surface area contributed by atoms with E-state index in [0.717, 1.165) is 4.90 Å². The van der Waals surface area contributed by atoms with Crippen molar-refractivity contribution in [2.75, 3.05) is 0 Å². The molecule has 0 aliphatic carbocycles. The van der Waals surface area contributed by atoms with Gasteiger partial charge in [0, 0.05) is 9.92 Å². The second-order valence-corrected chi connectivity index (χ2v) is 4.87. The van der Waals surface area contributed by atoms with Gasteiger partial charge in [-0.05, 0) is 53.2 Å². The molecule has 0 saturated carbocycles. The number of halogens is 3. The van der Waals surface area contributed by atoms with Crippen LogP contribution in [0.1, 0.15) is 0 Å². The first-order chi connectivity index (χ1) is 7.63. The lowest BCUT2D eigenvalue weighted by atomic mass is 10.4. The summed E-state index contributed by atoms with van der Waals surface area (Å²) < 4.78 is 0. The Kier molecular flexibility index (Phi) is 3.86. The number of hydrogen-bond donors (Lipinski definition) is 0. The molecule has 0 aliphatic heterocycles. The average molecular weight is 293 g/mol. The number of benzene rings is 1. The summed E-state index contributed by atoms with van der Waals surface area (Å²) in [5.74, 6) is 0. The number of nitrogens with zero attached hydrogens (tertiary/aromatic N) is 3. The van der Waals surface area contributed by atoms with Gasteiger partial charge in [0.25, 0.3) is 0 Å². The maximum absolute atomic E-state index is 5.85. The van der Waals surface area contributed by atoms with Gasteiger partial charge < -0.3 is 0 Å². The van der Waals surface area contributed by atoms with E-state index >= 15 is 0 Å². The van der Waals surface area contributed by atoms with Crippen molar-refractivity contribution in [1.82, 2.24) is 15.0 Å². The molecule has 0 spiro atoms. The Hall–Kier alpha value is -0.550. The molecule has 7 heteroatoms. The van der Waals surface area contributed by atoms with E-state index in [9.17, 15) is 0 Å². The zero-order chi connectivity index (χ0) is 11.5. The normalized spacial score (nSPS) is 10.4. The lowest BCUT2D eigenvalue weighted by molar-refractivity contribution is 0.904. The van der Waals surface area contributed by atoms with E-state index in [1.54, 1.807) is 12.1 Å². The Balaban J connectivity index is 2.27. The highest BCUT2D eigenvalue weighted by Gasteiger charge is 2.05. The summed E-state index contributed by atoms with van der Waals surface area (Å²) in [6.45, 7) is 0. The van der Waals surface area contributed by atoms with Gasteiger partial charge in [0.05, 0.1) is 0 Å². The van der Waals surface area contributed by atoms with Crippen molar-refractivity contribution in [3.63, 3.8) is 0 Å². The third kappa shape index (κ3) is 3.22. The van der Waals surface area contributed by atoms with Crippen molar-refractivity contribution >= 4 is 46.6 Å². The molecule has 0 aliphatic rings. The fraction of sp³-hybridized carbons (Fsp3) is 0. The molecule has 2 aromatic rings. The van der Waals surface area contributed by atoms with Gasteiger partial charge in [-0.2, -0.15) is 15.0 Å². The minimum absolute atomic E-state index is 0.0736. The van der Waals surface area contributed by atoms with Crippen molar-refractivity contribution < 1.29 is 0 Å². The van der Waals surface area contributed by atoms with Crippen molar-refractivity contribution in [2.24, 2.45) is 0 Å². The minimum Gasteiger partial charge on any atom is -0.191 e. The van der Waals surface area contributed by atoms with E-state index in [1.807, 2.05) is 12.1 Å². The van der Waals surface area contributed by atoms with Gasteiger partial charge >= 0.3 is 0 Å². The number of hydrogen-bond acceptors (Lipinski definition) is 4. The molecule has 0 bridgehead atoms. The molecule has 0 unspecified atom stereocenters. The highest BCUT2D eigenvalue weighted by atomic mass is 35.5. The first-order valence-corrected chi connectivity index (χ1v) is 6.09. The summed E-state index contributed by atoms with van der Waals surface area (Å²) >= 11 is 18.5. The zero-order valence-electron chi connectivity index (χ0n) is 7.69. The molecule has 1 aromatic carbocycles. The summed E-state index contributed by atoms with van der Waals surface area (Å²) in [6.07, 6.45) is 0. The summed E-state index contributed by atoms with van der Waals surface area (Å²) in [5.41, 5.74) is 0. The quantitative estimate of drug-likeness (QED) is 0.839. The second kappa shape index (κ2) is 5.19. The first kappa shape index (κ1) is 11.9. The van der Waals surface area contributed by atoms with E-state index in [0.29, 0.717) is 10.2 Å². The second-order valence-electron chi connectivity index (χ2n) is 2.72. The lowest BCUT2D eigenvalue weighted by Crippen LogP contribution is -1.91. The Labute approximate surface area is 111 Å². The highest BCUT2D eigenvalue weighted by molar-refractivity contribution is 7.99. The predicted octanol–water partition coefficient (Wildman–Crippen LogP) is 3.98. The highest BCUT2D eigenvalue weighted by Crippen LogP contribution is 2.27. The molecule has 1 heterocycles. The molecule has 3 nitrogen and oxygen atoms in total. The maximum atomic E-state index is 5.85. The molecule has 16 heavy (non-hydrogen) atoms. The molecule has 2 rings (SSSR count). The molecule has 0 N–H and O–H groups in total. The van der Waals surface area contributed by atoms with Gasteiger partial charge in [0.15, 0.2) is 5.16 Å². The summed E-state index contributed by atoms with van der Waals surface area (Å²) in [7, 11) is 0. The summed E-state index contributed by atoms with van der Waals surface area (Å²) in [4.78, 5) is 12.4. The van der Waals surface area contributed by atoms with Gasteiger partial charge in [0.2, 0.25) is 10.6 Å². The Morgan fingerprint density at radius 3 is 2.25 bits per heavy atom. The SMILES string of the molecule is Clc1cccc(Sc2nc(Cl)nc(Cl)n2)c1. The fourth-order valence-corrected chi connectivity index (χ4v) is 2.52. The van der Waals surface area contributed by atoms with Gasteiger partial charge in [-0.1, -0.05) is 17.7 Å². The van der Waals surface area contributed by atoms with Gasteiger partial charge in [-0.15, -0.1) is 0 Å².